The van der Waals surface area contributed by atoms with Gasteiger partial charge in [0.15, 0.2) is 0 Å². The van der Waals surface area contributed by atoms with E-state index >= 15 is 0 Å². The fraction of sp³-hybridized carbons (Fsp3) is 0.619. The van der Waals surface area contributed by atoms with E-state index in [0.717, 1.165) is 32.6 Å². The topological polar surface area (TPSA) is 64.1 Å². The van der Waals surface area contributed by atoms with Crippen LogP contribution in [-0.2, 0) is 4.79 Å². The lowest BCUT2D eigenvalue weighted by atomic mass is 9.86. The number of halogens is 1. The molecule has 1 aromatic carbocycles. The summed E-state index contributed by atoms with van der Waals surface area (Å²) in [7, 11) is 2.12. The molecule has 0 spiro atoms. The molecule has 2 heterocycles. The molecule has 0 radical (unpaired) electrons. The van der Waals surface area contributed by atoms with Crippen molar-refractivity contribution in [2.75, 3.05) is 46.3 Å². The van der Waals surface area contributed by atoms with Gasteiger partial charge in [-0.05, 0) is 56.5 Å². The highest BCUT2D eigenvalue weighted by Crippen LogP contribution is 2.28. The molecule has 28 heavy (non-hydrogen) atoms. The number of piperidine rings is 1. The minimum absolute atomic E-state index is 0.0970. The second kappa shape index (κ2) is 9.01. The molecule has 2 fully saturated rings. The molecule has 1 amide bonds. The number of carboxylic acid groups (broad SMARTS) is 1. The number of aliphatic carboxylic acids is 1. The number of likely N-dealkylation sites (N-methyl/N-ethyl adjacent to an activating group) is 1. The molecule has 0 unspecified atom stereocenters. The highest BCUT2D eigenvalue weighted by Gasteiger charge is 2.36. The zero-order valence-electron chi connectivity index (χ0n) is 16.7. The number of piperazine rings is 1. The normalized spacial score (nSPS) is 24.3. The number of carboxylic acids is 1. The van der Waals surface area contributed by atoms with Gasteiger partial charge < -0.3 is 14.9 Å². The lowest BCUT2D eigenvalue weighted by molar-refractivity contribution is -0.137. The van der Waals surface area contributed by atoms with Crippen LogP contribution >= 0.6 is 0 Å². The van der Waals surface area contributed by atoms with E-state index in [1.165, 1.54) is 12.1 Å². The third-order valence-corrected chi connectivity index (χ3v) is 6.12. The summed E-state index contributed by atoms with van der Waals surface area (Å²) in [5.74, 6) is -1.07. The SMILES string of the molecule is Cc1cc(C(=O)N2CC[C@H](N3CCN(C)CC3)[C@H](CCC(=O)O)C2)ccc1F. The highest BCUT2D eigenvalue weighted by molar-refractivity contribution is 5.94. The van der Waals surface area contributed by atoms with Gasteiger partial charge in [-0.3, -0.25) is 14.5 Å². The van der Waals surface area contributed by atoms with E-state index in [0.29, 0.717) is 36.7 Å². The van der Waals surface area contributed by atoms with Crippen LogP contribution in [0.3, 0.4) is 0 Å². The van der Waals surface area contributed by atoms with Gasteiger partial charge in [0.2, 0.25) is 0 Å². The Morgan fingerprint density at radius 1 is 1.18 bits per heavy atom. The van der Waals surface area contributed by atoms with Crippen LogP contribution in [-0.4, -0.2) is 84.0 Å². The van der Waals surface area contributed by atoms with Crippen molar-refractivity contribution in [1.29, 1.82) is 0 Å². The van der Waals surface area contributed by atoms with Crippen LogP contribution in [0.25, 0.3) is 0 Å². The van der Waals surface area contributed by atoms with Crippen LogP contribution < -0.4 is 0 Å². The Kier molecular flexibility index (Phi) is 6.67. The second-order valence-corrected chi connectivity index (χ2v) is 8.10. The molecule has 0 saturated carbocycles. The molecule has 2 aliphatic rings. The van der Waals surface area contributed by atoms with Gasteiger partial charge in [-0.1, -0.05) is 0 Å². The van der Waals surface area contributed by atoms with Gasteiger partial charge >= 0.3 is 5.97 Å². The van der Waals surface area contributed by atoms with Gasteiger partial charge in [-0.15, -0.1) is 0 Å². The summed E-state index contributed by atoms with van der Waals surface area (Å²) < 4.78 is 13.5. The Balaban J connectivity index is 1.71. The summed E-state index contributed by atoms with van der Waals surface area (Å²) in [6.45, 7) is 6.85. The number of rotatable bonds is 5. The van der Waals surface area contributed by atoms with Crippen molar-refractivity contribution in [3.8, 4) is 0 Å². The van der Waals surface area contributed by atoms with Crippen LogP contribution in [0.15, 0.2) is 18.2 Å². The van der Waals surface area contributed by atoms with E-state index in [9.17, 15) is 14.0 Å². The predicted molar refractivity (Wildman–Crippen MR) is 105 cm³/mol. The standard InChI is InChI=1S/C21H30FN3O3/c1-15-13-16(3-5-18(15)22)21(28)25-8-7-19(17(14-25)4-6-20(26)27)24-11-9-23(2)10-12-24/h3,5,13,17,19H,4,6-12,14H2,1-2H3,(H,26,27)/t17-,19+/m1/s1. The lowest BCUT2D eigenvalue weighted by Crippen LogP contribution is -2.57. The number of amides is 1. The molecular formula is C21H30FN3O3. The van der Waals surface area contributed by atoms with Gasteiger partial charge in [-0.25, -0.2) is 4.39 Å². The molecule has 2 saturated heterocycles. The first-order valence-electron chi connectivity index (χ1n) is 10.0. The van der Waals surface area contributed by atoms with E-state index < -0.39 is 5.97 Å². The first-order valence-corrected chi connectivity index (χ1v) is 10.0. The molecular weight excluding hydrogens is 361 g/mol. The summed E-state index contributed by atoms with van der Waals surface area (Å²) in [6, 6.07) is 4.77. The van der Waals surface area contributed by atoms with Gasteiger partial charge in [-0.2, -0.15) is 0 Å². The Morgan fingerprint density at radius 2 is 1.89 bits per heavy atom. The minimum Gasteiger partial charge on any atom is -0.481 e. The van der Waals surface area contributed by atoms with Crippen molar-refractivity contribution in [1.82, 2.24) is 14.7 Å². The zero-order valence-corrected chi connectivity index (χ0v) is 16.7. The number of carbonyl (C=O) groups is 2. The van der Waals surface area contributed by atoms with Crippen molar-refractivity contribution < 1.29 is 19.1 Å². The largest absolute Gasteiger partial charge is 0.481 e. The Labute approximate surface area is 165 Å². The second-order valence-electron chi connectivity index (χ2n) is 8.10. The van der Waals surface area contributed by atoms with Gasteiger partial charge in [0, 0.05) is 57.3 Å². The summed E-state index contributed by atoms with van der Waals surface area (Å²) >= 11 is 0. The number of hydrogen-bond donors (Lipinski definition) is 1. The number of nitrogens with zero attached hydrogens (tertiary/aromatic N) is 3. The van der Waals surface area contributed by atoms with Crippen LogP contribution in [0, 0.1) is 18.7 Å². The third-order valence-electron chi connectivity index (χ3n) is 6.12. The molecule has 1 aromatic rings. The van der Waals surface area contributed by atoms with Crippen LogP contribution in [0.5, 0.6) is 0 Å². The van der Waals surface area contributed by atoms with E-state index in [2.05, 4.69) is 16.8 Å². The van der Waals surface area contributed by atoms with E-state index in [1.807, 2.05) is 4.90 Å². The van der Waals surface area contributed by atoms with Gasteiger partial charge in [0.05, 0.1) is 0 Å². The average molecular weight is 391 g/mol. The quantitative estimate of drug-likeness (QED) is 0.833. The number of hydrogen-bond acceptors (Lipinski definition) is 4. The summed E-state index contributed by atoms with van der Waals surface area (Å²) in [5, 5.41) is 9.15. The van der Waals surface area contributed by atoms with Crippen molar-refractivity contribution in [3.63, 3.8) is 0 Å². The molecule has 1 N–H and O–H groups in total. The molecule has 0 aliphatic carbocycles. The highest BCUT2D eigenvalue weighted by atomic mass is 19.1. The molecule has 2 aliphatic heterocycles. The molecule has 0 bridgehead atoms. The molecule has 3 rings (SSSR count). The number of likely N-dealkylation sites (tertiary alicyclic amines) is 1. The summed E-state index contributed by atoms with van der Waals surface area (Å²) in [6.07, 6.45) is 1.53. The van der Waals surface area contributed by atoms with Crippen molar-refractivity contribution in [2.45, 2.75) is 32.2 Å². The first-order chi connectivity index (χ1) is 13.3. The number of benzene rings is 1. The Hall–Kier alpha value is -1.99. The van der Waals surface area contributed by atoms with E-state index in [-0.39, 0.29) is 24.1 Å². The number of aryl methyl sites for hydroxylation is 1. The fourth-order valence-corrected chi connectivity index (χ4v) is 4.39. The third kappa shape index (κ3) is 4.89. The Bertz CT molecular complexity index is 719. The summed E-state index contributed by atoms with van der Waals surface area (Å²) in [4.78, 5) is 30.7. The lowest BCUT2D eigenvalue weighted by Gasteiger charge is -2.46. The molecule has 6 nitrogen and oxygen atoms in total. The first kappa shape index (κ1) is 20.7. The summed E-state index contributed by atoms with van der Waals surface area (Å²) in [5.41, 5.74) is 0.953. The Morgan fingerprint density at radius 3 is 2.54 bits per heavy atom. The fourth-order valence-electron chi connectivity index (χ4n) is 4.39. The molecule has 0 aromatic heterocycles. The zero-order chi connectivity index (χ0) is 20.3. The number of carbonyl (C=O) groups excluding carboxylic acids is 1. The van der Waals surface area contributed by atoms with Gasteiger partial charge in [0.25, 0.3) is 5.91 Å². The van der Waals surface area contributed by atoms with Crippen LogP contribution in [0.4, 0.5) is 4.39 Å². The molecule has 7 heteroatoms. The minimum atomic E-state index is -0.797. The monoisotopic (exact) mass is 391 g/mol. The molecule has 2 atom stereocenters. The predicted octanol–water partition coefficient (Wildman–Crippen LogP) is 2.08. The maximum absolute atomic E-state index is 13.5. The van der Waals surface area contributed by atoms with Gasteiger partial charge in [0.1, 0.15) is 5.82 Å². The average Bonchev–Trinajstić information content (AvgIpc) is 2.68. The van der Waals surface area contributed by atoms with E-state index in [1.54, 1.807) is 13.0 Å². The maximum atomic E-state index is 13.5. The van der Waals surface area contributed by atoms with Crippen molar-refractivity contribution >= 4 is 11.9 Å². The van der Waals surface area contributed by atoms with Crippen molar-refractivity contribution in [2.24, 2.45) is 5.92 Å². The van der Waals surface area contributed by atoms with Crippen molar-refractivity contribution in [3.05, 3.63) is 35.1 Å². The van der Waals surface area contributed by atoms with E-state index in [4.69, 9.17) is 5.11 Å². The van der Waals surface area contributed by atoms with Crippen LogP contribution in [0.2, 0.25) is 0 Å². The smallest absolute Gasteiger partial charge is 0.303 e. The maximum Gasteiger partial charge on any atom is 0.303 e. The molecule has 154 valence electrons. The van der Waals surface area contributed by atoms with Crippen LogP contribution in [0.1, 0.15) is 35.2 Å².